The van der Waals surface area contributed by atoms with Crippen LogP contribution >= 0.6 is 11.3 Å². The monoisotopic (exact) mass is 543 g/mol. The molecule has 1 aromatic rings. The predicted molar refractivity (Wildman–Crippen MR) is 152 cm³/mol. The van der Waals surface area contributed by atoms with Crippen LogP contribution in [0.1, 0.15) is 38.8 Å². The molecule has 1 fully saturated rings. The van der Waals surface area contributed by atoms with E-state index in [2.05, 4.69) is 28.2 Å². The Morgan fingerprint density at radius 1 is 1.29 bits per heavy atom. The van der Waals surface area contributed by atoms with E-state index in [1.165, 1.54) is 17.4 Å². The van der Waals surface area contributed by atoms with Crippen LogP contribution in [0.15, 0.2) is 47.7 Å². The molecular weight excluding hydrogens is 505 g/mol. The van der Waals surface area contributed by atoms with Crippen molar-refractivity contribution in [2.75, 3.05) is 51.3 Å². The number of nitrogens with two attached hydrogens (primary N) is 1. The van der Waals surface area contributed by atoms with Crippen molar-refractivity contribution in [3.8, 4) is 0 Å². The van der Waals surface area contributed by atoms with Crippen molar-refractivity contribution in [3.63, 3.8) is 0 Å². The van der Waals surface area contributed by atoms with E-state index < -0.39 is 12.6 Å². The van der Waals surface area contributed by atoms with E-state index in [1.54, 1.807) is 11.0 Å². The Labute approximate surface area is 228 Å². The van der Waals surface area contributed by atoms with Crippen LogP contribution in [0.4, 0.5) is 9.52 Å². The minimum atomic E-state index is -0.610. The lowest BCUT2D eigenvalue weighted by Crippen LogP contribution is -2.52. The number of hydrogen-bond donors (Lipinski definition) is 2. The van der Waals surface area contributed by atoms with Gasteiger partial charge in [0.05, 0.1) is 17.1 Å². The molecule has 1 atom stereocenters. The molecular formula is C27H38FN7O2S. The summed E-state index contributed by atoms with van der Waals surface area (Å²) in [5.74, 6) is -0.842. The van der Waals surface area contributed by atoms with Gasteiger partial charge in [-0.2, -0.15) is 0 Å². The third-order valence-corrected chi connectivity index (χ3v) is 7.43. The number of amides is 2. The number of hydrogen-bond acceptors (Lipinski definition) is 8. The van der Waals surface area contributed by atoms with Crippen LogP contribution in [0, 0.1) is 5.41 Å². The minimum Gasteiger partial charge on any atom is -0.369 e. The number of aromatic nitrogens is 1. The van der Waals surface area contributed by atoms with Crippen molar-refractivity contribution in [2.45, 2.75) is 39.3 Å². The van der Waals surface area contributed by atoms with Crippen LogP contribution in [-0.2, 0) is 9.59 Å². The molecule has 1 aromatic heterocycles. The fraction of sp³-hybridized carbons (Fsp3) is 0.481. The Hall–Kier alpha value is -3.47. The molecule has 0 radical (unpaired) electrons. The number of rotatable bonds is 12. The van der Waals surface area contributed by atoms with Gasteiger partial charge in [-0.05, 0) is 24.5 Å². The van der Waals surface area contributed by atoms with Gasteiger partial charge in [-0.25, -0.2) is 9.37 Å². The van der Waals surface area contributed by atoms with E-state index >= 15 is 0 Å². The molecule has 2 aliphatic rings. The summed E-state index contributed by atoms with van der Waals surface area (Å²) in [6, 6.07) is 0. The number of nitrogens with one attached hydrogen (secondary N) is 1. The molecule has 0 bridgehead atoms. The van der Waals surface area contributed by atoms with Crippen LogP contribution in [0.2, 0.25) is 0 Å². The molecule has 206 valence electrons. The van der Waals surface area contributed by atoms with E-state index in [9.17, 15) is 14.0 Å². The lowest BCUT2D eigenvalue weighted by molar-refractivity contribution is -0.136. The molecule has 0 saturated carbocycles. The number of thiazole rings is 1. The highest BCUT2D eigenvalue weighted by molar-refractivity contribution is 7.13. The van der Waals surface area contributed by atoms with Gasteiger partial charge in [0, 0.05) is 51.4 Å². The fourth-order valence-corrected chi connectivity index (χ4v) is 5.37. The normalized spacial score (nSPS) is 17.1. The largest absolute Gasteiger partial charge is 0.369 e. The molecule has 9 nitrogen and oxygen atoms in total. The number of halogens is 1. The first-order chi connectivity index (χ1) is 18.3. The van der Waals surface area contributed by atoms with Crippen LogP contribution < -0.4 is 10.6 Å². The van der Waals surface area contributed by atoms with Gasteiger partial charge >= 0.3 is 0 Å². The highest BCUT2D eigenvalue weighted by Crippen LogP contribution is 2.29. The van der Waals surface area contributed by atoms with Gasteiger partial charge in [0.15, 0.2) is 5.13 Å². The molecule has 0 aliphatic carbocycles. The highest BCUT2D eigenvalue weighted by Gasteiger charge is 2.29. The number of nitrogens with zero attached hydrogens (tertiary/aromatic N) is 5. The second kappa shape index (κ2) is 13.9. The fourth-order valence-electron chi connectivity index (χ4n) is 4.55. The van der Waals surface area contributed by atoms with Gasteiger partial charge in [-0.15, -0.1) is 11.3 Å². The van der Waals surface area contributed by atoms with Gasteiger partial charge in [0.1, 0.15) is 19.3 Å². The van der Waals surface area contributed by atoms with Crippen molar-refractivity contribution in [1.82, 2.24) is 19.7 Å². The summed E-state index contributed by atoms with van der Waals surface area (Å²) in [5.41, 5.74) is 8.44. The first-order valence-corrected chi connectivity index (χ1v) is 13.8. The highest BCUT2D eigenvalue weighted by atomic mass is 32.1. The topological polar surface area (TPSA) is 110 Å². The third kappa shape index (κ3) is 7.31. The first-order valence-electron chi connectivity index (χ1n) is 12.9. The van der Waals surface area contributed by atoms with Crippen molar-refractivity contribution >= 4 is 39.6 Å². The number of carbonyl (C=O) groups is 2. The number of primary amides is 1. The summed E-state index contributed by atoms with van der Waals surface area (Å²) < 4.78 is 12.7. The molecule has 2 amide bonds. The van der Waals surface area contributed by atoms with Crippen LogP contribution in [0.25, 0.3) is 5.57 Å². The summed E-state index contributed by atoms with van der Waals surface area (Å²) in [7, 11) is 1.95. The number of allylic oxidation sites excluding steroid dienone is 5. The quantitative estimate of drug-likeness (QED) is 0.238. The van der Waals surface area contributed by atoms with Crippen molar-refractivity contribution in [1.29, 1.82) is 5.41 Å². The smallest absolute Gasteiger partial charge is 0.232 e. The van der Waals surface area contributed by atoms with Crippen molar-refractivity contribution in [2.24, 2.45) is 5.73 Å². The molecule has 0 spiro atoms. The maximum atomic E-state index is 12.7. The molecule has 0 aromatic carbocycles. The second-order valence-corrected chi connectivity index (χ2v) is 10.0. The Kier molecular flexibility index (Phi) is 10.6. The number of alkyl halides is 1. The van der Waals surface area contributed by atoms with Crippen molar-refractivity contribution in [3.05, 3.63) is 53.4 Å². The van der Waals surface area contributed by atoms with E-state index in [4.69, 9.17) is 16.1 Å². The van der Waals surface area contributed by atoms with Gasteiger partial charge < -0.3 is 30.7 Å². The van der Waals surface area contributed by atoms with Crippen LogP contribution in [-0.4, -0.2) is 89.8 Å². The van der Waals surface area contributed by atoms with Gasteiger partial charge in [0.25, 0.3) is 0 Å². The van der Waals surface area contributed by atoms with E-state index in [0.717, 1.165) is 28.5 Å². The maximum absolute atomic E-state index is 12.7. The summed E-state index contributed by atoms with van der Waals surface area (Å²) in [4.78, 5) is 36.2. The lowest BCUT2D eigenvalue weighted by Gasteiger charge is -2.41. The van der Waals surface area contributed by atoms with E-state index in [0.29, 0.717) is 44.9 Å². The zero-order valence-electron chi connectivity index (χ0n) is 22.4. The predicted octanol–water partition coefficient (Wildman–Crippen LogP) is 3.39. The van der Waals surface area contributed by atoms with E-state index in [-0.39, 0.29) is 18.5 Å². The average molecular weight is 544 g/mol. The molecule has 11 heteroatoms. The second-order valence-electron chi connectivity index (χ2n) is 9.17. The maximum Gasteiger partial charge on any atom is 0.232 e. The van der Waals surface area contributed by atoms with Crippen molar-refractivity contribution < 1.29 is 14.0 Å². The summed E-state index contributed by atoms with van der Waals surface area (Å²) >= 11 is 1.50. The standard InChI is InChI=1S/C27H38FN7O2S/c1-4-8-20(9-6-11-28)23-19-38-27(31-23)32(3)26(22(29)5-2)35-12-7-10-21(18-35)33-13-15-34(16-14-33)25(37)17-24(30)36/h6-10,18-19,26,29H,4-5,11-17H2,1-3H3,(H2,30,36). The average Bonchev–Trinajstić information content (AvgIpc) is 3.41. The Morgan fingerprint density at radius 3 is 2.66 bits per heavy atom. The number of anilines is 1. The molecule has 1 unspecified atom stereocenters. The molecule has 38 heavy (non-hydrogen) atoms. The Morgan fingerprint density at radius 2 is 2.03 bits per heavy atom. The third-order valence-electron chi connectivity index (χ3n) is 6.50. The van der Waals surface area contributed by atoms with Gasteiger partial charge in [0.2, 0.25) is 11.8 Å². The molecule has 2 aliphatic heterocycles. The molecule has 3 heterocycles. The first kappa shape index (κ1) is 29.1. The van der Waals surface area contributed by atoms with Crippen LogP contribution in [0.5, 0.6) is 0 Å². The van der Waals surface area contributed by atoms with E-state index in [1.807, 2.05) is 37.3 Å². The van der Waals surface area contributed by atoms with Gasteiger partial charge in [-0.3, -0.25) is 9.59 Å². The van der Waals surface area contributed by atoms with Gasteiger partial charge in [-0.1, -0.05) is 38.2 Å². The van der Waals surface area contributed by atoms with Crippen LogP contribution in [0.3, 0.4) is 0 Å². The summed E-state index contributed by atoms with van der Waals surface area (Å²) in [5, 5.41) is 11.5. The zero-order chi connectivity index (χ0) is 27.7. The SMILES string of the molecule is CCC=C(C=CCF)c1csc(N(C)C(C(=N)CC)N2C=C(N3CCN(C(=O)CC(N)=O)CC3)C=CC2)n1. The lowest BCUT2D eigenvalue weighted by atomic mass is 10.1. The summed E-state index contributed by atoms with van der Waals surface area (Å²) in [6.45, 7) is 6.49. The Balaban J connectivity index is 1.77. The summed E-state index contributed by atoms with van der Waals surface area (Å²) in [6.07, 6.45) is 12.3. The molecule has 3 rings (SSSR count). The number of piperazine rings is 1. The number of carbonyl (C=O) groups excluding carboxylic acids is 2. The molecule has 3 N–H and O–H groups in total. The Bertz CT molecular complexity index is 1120. The zero-order valence-corrected chi connectivity index (χ0v) is 23.2. The molecule has 1 saturated heterocycles. The minimum absolute atomic E-state index is 0.232.